The first kappa shape index (κ1) is 17.7. The van der Waals surface area contributed by atoms with Crippen LogP contribution in [0.15, 0.2) is 54.6 Å². The fourth-order valence-electron chi connectivity index (χ4n) is 3.96. The lowest BCUT2D eigenvalue weighted by molar-refractivity contribution is -0.145. The summed E-state index contributed by atoms with van der Waals surface area (Å²) in [5, 5.41) is 3.69. The summed E-state index contributed by atoms with van der Waals surface area (Å²) < 4.78 is 4.87. The Morgan fingerprint density at radius 2 is 1.63 bits per heavy atom. The zero-order chi connectivity index (χ0) is 19.1. The number of imide groups is 1. The monoisotopic (exact) mass is 384 g/mol. The van der Waals surface area contributed by atoms with Gasteiger partial charge in [-0.1, -0.05) is 41.9 Å². The predicted molar refractivity (Wildman–Crippen MR) is 99.0 cm³/mol. The molecule has 138 valence electrons. The summed E-state index contributed by atoms with van der Waals surface area (Å²) in [6, 6.07) is 14.4. The molecule has 0 saturated carbocycles. The first-order chi connectivity index (χ1) is 13.0. The second-order valence-corrected chi connectivity index (χ2v) is 7.03. The van der Waals surface area contributed by atoms with Crippen molar-refractivity contribution in [2.24, 2.45) is 11.8 Å². The average Bonchev–Trinajstić information content (AvgIpc) is 3.20. The second-order valence-electron chi connectivity index (χ2n) is 6.60. The number of nitrogens with zero attached hydrogens (tertiary/aromatic N) is 1. The molecule has 2 aliphatic rings. The van der Waals surface area contributed by atoms with E-state index in [1.54, 1.807) is 48.5 Å². The number of halogens is 1. The summed E-state index contributed by atoms with van der Waals surface area (Å²) in [6.45, 7) is 0. The number of carbonyl (C=O) groups is 3. The lowest BCUT2D eigenvalue weighted by Gasteiger charge is -2.22. The molecule has 2 fully saturated rings. The lowest BCUT2D eigenvalue weighted by Crippen LogP contribution is -2.43. The molecule has 0 aromatic heterocycles. The van der Waals surface area contributed by atoms with E-state index in [9.17, 15) is 14.4 Å². The van der Waals surface area contributed by atoms with E-state index in [2.05, 4.69) is 5.32 Å². The van der Waals surface area contributed by atoms with Crippen LogP contribution in [0, 0.1) is 11.8 Å². The van der Waals surface area contributed by atoms with Crippen molar-refractivity contribution in [3.63, 3.8) is 0 Å². The fraction of sp³-hybridized carbons (Fsp3) is 0.250. The number of amides is 2. The minimum atomic E-state index is -0.883. The minimum Gasteiger partial charge on any atom is -0.468 e. The smallest absolute Gasteiger partial charge is 0.323 e. The van der Waals surface area contributed by atoms with Crippen LogP contribution in [0.25, 0.3) is 0 Å². The van der Waals surface area contributed by atoms with Crippen LogP contribution in [0.1, 0.15) is 11.6 Å². The molecule has 2 aliphatic heterocycles. The van der Waals surface area contributed by atoms with Crippen LogP contribution < -0.4 is 10.2 Å². The van der Waals surface area contributed by atoms with Gasteiger partial charge < -0.3 is 4.74 Å². The van der Waals surface area contributed by atoms with Crippen molar-refractivity contribution < 1.29 is 19.1 Å². The number of benzene rings is 2. The van der Waals surface area contributed by atoms with E-state index in [1.807, 2.05) is 6.07 Å². The Balaban J connectivity index is 1.77. The van der Waals surface area contributed by atoms with Crippen molar-refractivity contribution in [3.05, 3.63) is 65.2 Å². The first-order valence-electron chi connectivity index (χ1n) is 8.55. The summed E-state index contributed by atoms with van der Waals surface area (Å²) in [6.07, 6.45) is 0. The van der Waals surface area contributed by atoms with E-state index in [4.69, 9.17) is 16.3 Å². The van der Waals surface area contributed by atoms with Crippen LogP contribution in [-0.2, 0) is 19.1 Å². The van der Waals surface area contributed by atoms with Gasteiger partial charge in [0.25, 0.3) is 0 Å². The van der Waals surface area contributed by atoms with E-state index >= 15 is 0 Å². The Labute approximate surface area is 161 Å². The van der Waals surface area contributed by atoms with E-state index in [-0.39, 0.29) is 5.91 Å². The molecule has 6 nitrogen and oxygen atoms in total. The molecule has 2 heterocycles. The second kappa shape index (κ2) is 6.79. The van der Waals surface area contributed by atoms with Crippen molar-refractivity contribution in [2.45, 2.75) is 12.1 Å². The van der Waals surface area contributed by atoms with Gasteiger partial charge in [-0.3, -0.25) is 19.7 Å². The fourth-order valence-corrected chi connectivity index (χ4v) is 4.09. The van der Waals surface area contributed by atoms with Crippen LogP contribution in [-0.4, -0.2) is 30.9 Å². The Kier molecular flexibility index (Phi) is 4.45. The molecular weight excluding hydrogens is 368 g/mol. The number of carbonyl (C=O) groups excluding carboxylic acids is 3. The highest BCUT2D eigenvalue weighted by Gasteiger charge is 2.61. The van der Waals surface area contributed by atoms with E-state index in [0.29, 0.717) is 10.7 Å². The molecule has 1 N–H and O–H groups in total. The summed E-state index contributed by atoms with van der Waals surface area (Å²) in [5.41, 5.74) is 1.29. The predicted octanol–water partition coefficient (Wildman–Crippen LogP) is 2.33. The molecule has 0 spiro atoms. The molecule has 7 heteroatoms. The largest absolute Gasteiger partial charge is 0.468 e. The number of hydrogen-bond acceptors (Lipinski definition) is 5. The average molecular weight is 385 g/mol. The normalized spacial score (nSPS) is 27.0. The van der Waals surface area contributed by atoms with Gasteiger partial charge in [0.15, 0.2) is 0 Å². The molecule has 0 aliphatic carbocycles. The van der Waals surface area contributed by atoms with Crippen molar-refractivity contribution in [1.29, 1.82) is 0 Å². The maximum atomic E-state index is 13.2. The number of anilines is 1. The van der Waals surface area contributed by atoms with Gasteiger partial charge in [-0.25, -0.2) is 4.90 Å². The zero-order valence-corrected chi connectivity index (χ0v) is 15.2. The van der Waals surface area contributed by atoms with Crippen molar-refractivity contribution in [1.82, 2.24) is 5.32 Å². The van der Waals surface area contributed by atoms with Crippen LogP contribution in [0.5, 0.6) is 0 Å². The molecule has 27 heavy (non-hydrogen) atoms. The third-order valence-corrected chi connectivity index (χ3v) is 5.43. The van der Waals surface area contributed by atoms with Crippen molar-refractivity contribution in [3.8, 4) is 0 Å². The highest BCUT2D eigenvalue weighted by Crippen LogP contribution is 2.45. The third kappa shape index (κ3) is 2.81. The van der Waals surface area contributed by atoms with E-state index < -0.39 is 35.8 Å². The van der Waals surface area contributed by atoms with Crippen molar-refractivity contribution >= 4 is 35.1 Å². The van der Waals surface area contributed by atoms with E-state index in [0.717, 1.165) is 5.56 Å². The summed E-state index contributed by atoms with van der Waals surface area (Å²) in [4.78, 5) is 39.8. The molecule has 0 unspecified atom stereocenters. The number of methoxy groups -OCH3 is 1. The number of rotatable bonds is 3. The Morgan fingerprint density at radius 1 is 1.00 bits per heavy atom. The van der Waals surface area contributed by atoms with Crippen molar-refractivity contribution in [2.75, 3.05) is 12.0 Å². The molecule has 2 saturated heterocycles. The first-order valence-corrected chi connectivity index (χ1v) is 8.93. The molecule has 4 rings (SSSR count). The molecule has 2 aromatic rings. The van der Waals surface area contributed by atoms with E-state index in [1.165, 1.54) is 12.0 Å². The summed E-state index contributed by atoms with van der Waals surface area (Å²) in [5.74, 6) is -2.78. The van der Waals surface area contributed by atoms with Gasteiger partial charge in [-0.05, 0) is 29.8 Å². The maximum Gasteiger partial charge on any atom is 0.323 e. The van der Waals surface area contributed by atoms with Crippen LogP contribution in [0.3, 0.4) is 0 Å². The van der Waals surface area contributed by atoms with Gasteiger partial charge in [0.05, 0.1) is 24.6 Å². The SMILES string of the molecule is COC(=O)[C@H]1N[C@@H](c2ccc(Cl)cc2)[C@H]2C(=O)N(c3ccccc3)C(=O)[C@H]21. The number of hydrogen-bond donors (Lipinski definition) is 1. The van der Waals surface area contributed by atoms with Gasteiger partial charge in [0, 0.05) is 11.1 Å². The number of fused-ring (bicyclic) bond motifs is 1. The third-order valence-electron chi connectivity index (χ3n) is 5.17. The molecule has 2 amide bonds. The lowest BCUT2D eigenvalue weighted by atomic mass is 9.86. The molecular formula is C20H17ClN2O4. The highest BCUT2D eigenvalue weighted by molar-refractivity contribution is 6.30. The highest BCUT2D eigenvalue weighted by atomic mass is 35.5. The van der Waals surface area contributed by atoms with Gasteiger partial charge in [0.2, 0.25) is 11.8 Å². The van der Waals surface area contributed by atoms with Gasteiger partial charge in [0.1, 0.15) is 6.04 Å². The zero-order valence-electron chi connectivity index (χ0n) is 14.5. The van der Waals surface area contributed by atoms with Crippen LogP contribution in [0.2, 0.25) is 5.02 Å². The topological polar surface area (TPSA) is 75.7 Å². The van der Waals surface area contributed by atoms with Gasteiger partial charge >= 0.3 is 5.97 Å². The number of ether oxygens (including phenoxy) is 1. The Morgan fingerprint density at radius 3 is 2.26 bits per heavy atom. The maximum absolute atomic E-state index is 13.2. The quantitative estimate of drug-likeness (QED) is 0.649. The van der Waals surface area contributed by atoms with Crippen LogP contribution >= 0.6 is 11.6 Å². The van der Waals surface area contributed by atoms with Crippen LogP contribution in [0.4, 0.5) is 5.69 Å². The molecule has 4 atom stereocenters. The summed E-state index contributed by atoms with van der Waals surface area (Å²) >= 11 is 5.96. The van der Waals surface area contributed by atoms with Gasteiger partial charge in [-0.2, -0.15) is 0 Å². The molecule has 2 aromatic carbocycles. The Hall–Kier alpha value is -2.70. The number of para-hydroxylation sites is 1. The molecule has 0 bridgehead atoms. The standard InChI is InChI=1S/C20H17ClN2O4/c1-27-20(26)17-15-14(16(22-17)11-7-9-12(21)10-8-11)18(24)23(19(15)25)13-5-3-2-4-6-13/h2-10,14-17,22H,1H3/t14-,15+,16-,17-/m0/s1. The summed E-state index contributed by atoms with van der Waals surface area (Å²) in [7, 11) is 1.27. The molecule has 0 radical (unpaired) electrons. The number of esters is 1. The minimum absolute atomic E-state index is 0.324. The Bertz CT molecular complexity index is 900. The van der Waals surface area contributed by atoms with Gasteiger partial charge in [-0.15, -0.1) is 0 Å². The number of nitrogens with one attached hydrogen (secondary N) is 1.